The summed E-state index contributed by atoms with van der Waals surface area (Å²) in [5.74, 6) is 3.96. The number of aromatic nitrogens is 6. The molecule has 9 heteroatoms. The molecule has 0 spiro atoms. The third-order valence-corrected chi connectivity index (χ3v) is 8.92. The molecule has 8 nitrogen and oxygen atoms in total. The molecule has 41 heavy (non-hydrogen) atoms. The lowest BCUT2D eigenvalue weighted by Gasteiger charge is -2.16. The molecule has 6 rings (SSSR count). The van der Waals surface area contributed by atoms with E-state index >= 15 is 0 Å². The fourth-order valence-electron chi connectivity index (χ4n) is 5.08. The highest BCUT2D eigenvalue weighted by molar-refractivity contribution is 7.00. The van der Waals surface area contributed by atoms with Crippen molar-refractivity contribution >= 4 is 22.8 Å². The molecule has 1 fully saturated rings. The summed E-state index contributed by atoms with van der Waals surface area (Å²) in [4.78, 5) is 16.1. The van der Waals surface area contributed by atoms with Crippen LogP contribution in [0.25, 0.3) is 44.7 Å². The average molecular weight is 567 g/mol. The summed E-state index contributed by atoms with van der Waals surface area (Å²) in [6, 6.07) is 13.8. The molecule has 212 valence electrons. The molecule has 0 aliphatic heterocycles. The van der Waals surface area contributed by atoms with Crippen LogP contribution in [0.15, 0.2) is 48.8 Å². The highest BCUT2D eigenvalue weighted by Gasteiger charge is 2.42. The van der Waals surface area contributed by atoms with E-state index in [0.29, 0.717) is 24.5 Å². The van der Waals surface area contributed by atoms with Gasteiger partial charge in [0.25, 0.3) is 0 Å². The maximum Gasteiger partial charge on any atom is 0.120 e. The van der Waals surface area contributed by atoms with Gasteiger partial charge in [0.15, 0.2) is 0 Å². The van der Waals surface area contributed by atoms with E-state index in [1.165, 1.54) is 11.7 Å². The lowest BCUT2D eigenvalue weighted by Crippen LogP contribution is -2.30. The Kier molecular flexibility index (Phi) is 8.64. The van der Waals surface area contributed by atoms with Crippen molar-refractivity contribution < 1.29 is 0 Å². The second-order valence-corrected chi connectivity index (χ2v) is 11.8. The maximum absolute atomic E-state index is 4.66. The Morgan fingerprint density at radius 2 is 1.34 bits per heavy atom. The molecule has 3 heterocycles. The van der Waals surface area contributed by atoms with Crippen LogP contribution in [0.1, 0.15) is 46.3 Å². The number of rotatable bonds is 10. The van der Waals surface area contributed by atoms with E-state index < -0.39 is 0 Å². The van der Waals surface area contributed by atoms with Gasteiger partial charge in [-0.25, -0.2) is 9.97 Å². The molecule has 4 N–H and O–H groups in total. The lowest BCUT2D eigenvalue weighted by atomic mass is 9.99. The largest absolute Gasteiger partial charge is 0.341 e. The monoisotopic (exact) mass is 566 g/mol. The summed E-state index contributed by atoms with van der Waals surface area (Å²) in [6.07, 6.45) is 11.8. The van der Waals surface area contributed by atoms with E-state index in [-0.39, 0.29) is 0 Å². The second-order valence-electron chi connectivity index (χ2n) is 11.2. The van der Waals surface area contributed by atoms with Gasteiger partial charge < -0.3 is 20.6 Å². The molecular weight excluding hydrogens is 528 g/mol. The quantitative estimate of drug-likeness (QED) is 0.149. The number of benzene rings is 2. The van der Waals surface area contributed by atoms with E-state index in [1.807, 2.05) is 12.4 Å². The molecule has 1 aliphatic rings. The minimum Gasteiger partial charge on any atom is -0.341 e. The number of terminal acetylenes is 1. The van der Waals surface area contributed by atoms with Gasteiger partial charge in [-0.2, -0.15) is 8.75 Å². The number of aromatic amines is 2. The third-order valence-electron chi connectivity index (χ3n) is 8.39. The van der Waals surface area contributed by atoms with Gasteiger partial charge in [-0.3, -0.25) is 0 Å². The second kappa shape index (κ2) is 12.4. The van der Waals surface area contributed by atoms with Gasteiger partial charge in [0.2, 0.25) is 0 Å². The Morgan fingerprint density at radius 1 is 0.780 bits per heavy atom. The zero-order valence-electron chi connectivity index (χ0n) is 24.3. The predicted molar refractivity (Wildman–Crippen MR) is 168 cm³/mol. The predicted octanol–water partition coefficient (Wildman–Crippen LogP) is 6.27. The van der Waals surface area contributed by atoms with Gasteiger partial charge >= 0.3 is 0 Å². The molecule has 0 bridgehead atoms. The summed E-state index contributed by atoms with van der Waals surface area (Å²) >= 11 is 1.24. The maximum atomic E-state index is 4.66. The molecule has 1 saturated carbocycles. The van der Waals surface area contributed by atoms with Crippen LogP contribution in [0.4, 0.5) is 0 Å². The third kappa shape index (κ3) is 6.10. The van der Waals surface area contributed by atoms with Crippen molar-refractivity contribution in [2.24, 2.45) is 17.8 Å². The zero-order valence-corrected chi connectivity index (χ0v) is 25.1. The van der Waals surface area contributed by atoms with Crippen LogP contribution in [0, 0.1) is 30.6 Å². The summed E-state index contributed by atoms with van der Waals surface area (Å²) in [7, 11) is 0. The Labute approximate surface area is 246 Å². The van der Waals surface area contributed by atoms with Crippen LogP contribution in [-0.4, -0.2) is 40.8 Å². The minimum atomic E-state index is 0.422. The van der Waals surface area contributed by atoms with Crippen molar-refractivity contribution in [2.75, 3.05) is 0 Å². The molecule has 4 atom stereocenters. The number of imidazole rings is 2. The van der Waals surface area contributed by atoms with Crippen molar-refractivity contribution in [3.05, 3.63) is 60.4 Å². The van der Waals surface area contributed by atoms with Gasteiger partial charge in [0.1, 0.15) is 22.7 Å². The first kappa shape index (κ1) is 28.7. The summed E-state index contributed by atoms with van der Waals surface area (Å²) < 4.78 is 9.31. The van der Waals surface area contributed by atoms with E-state index in [2.05, 4.69) is 123 Å². The number of hydrogen-bond acceptors (Lipinski definition) is 7. The number of fused-ring (bicyclic) bond motifs is 1. The topological polar surface area (TPSA) is 107 Å². The molecular formula is C32H38N8S. The fraction of sp³-hybridized carbons (Fsp3) is 0.375. The minimum absolute atomic E-state index is 0.422. The van der Waals surface area contributed by atoms with E-state index in [9.17, 15) is 0 Å². The Hall–Kier alpha value is -3.84. The average Bonchev–Trinajstić information content (AvgIpc) is 3.58. The Morgan fingerprint density at radius 3 is 2.00 bits per heavy atom. The van der Waals surface area contributed by atoms with Gasteiger partial charge in [0.05, 0.1) is 48.6 Å². The van der Waals surface area contributed by atoms with Crippen LogP contribution in [0.2, 0.25) is 0 Å². The van der Waals surface area contributed by atoms with Crippen molar-refractivity contribution in [3.8, 4) is 46.5 Å². The molecule has 0 saturated heterocycles. The Balaban J connectivity index is 0.00000165. The normalized spacial score (nSPS) is 18.8. The first-order valence-corrected chi connectivity index (χ1v) is 14.9. The number of H-pyrrole nitrogens is 2. The fourth-order valence-corrected chi connectivity index (χ4v) is 5.65. The number of nitrogens with zero attached hydrogens (tertiary/aromatic N) is 4. The standard InChI is InChI=1S/C30H36N8S.C2H2/c1-16(2)19(5)31-14-26-33-13-25(36-26)23-11-10-22(29-30(23)38-39-37-29)20-6-8-21(9-7-20)24-12-32-27(35-24)15-34-28-17(3)18(28)4;1-2/h6-13,16-19,28,31,34H,14-15H2,1-5H3,(H,32,35)(H,33,36);1-2H/t17-,18?,19-,28?;/m1./s1. The highest BCUT2D eigenvalue weighted by atomic mass is 32.1. The molecule has 0 radical (unpaired) electrons. The van der Waals surface area contributed by atoms with Gasteiger partial charge in [-0.15, -0.1) is 12.8 Å². The van der Waals surface area contributed by atoms with Crippen LogP contribution in [-0.2, 0) is 13.1 Å². The molecule has 3 aromatic heterocycles. The van der Waals surface area contributed by atoms with Crippen molar-refractivity contribution in [1.82, 2.24) is 39.3 Å². The van der Waals surface area contributed by atoms with Crippen molar-refractivity contribution in [1.29, 1.82) is 0 Å². The number of nitrogens with one attached hydrogen (secondary N) is 4. The first-order valence-electron chi connectivity index (χ1n) is 14.1. The van der Waals surface area contributed by atoms with E-state index in [4.69, 9.17) is 0 Å². The van der Waals surface area contributed by atoms with E-state index in [1.54, 1.807) is 0 Å². The van der Waals surface area contributed by atoms with Crippen molar-refractivity contribution in [3.63, 3.8) is 0 Å². The molecule has 0 amide bonds. The molecule has 2 aromatic carbocycles. The van der Waals surface area contributed by atoms with Crippen LogP contribution in [0.3, 0.4) is 0 Å². The SMILES string of the molecule is C#C.CC1C(NCc2ncc(-c3ccc(-c4ccc(-c5cnc(CN[C@H](C)C(C)C)[nH]5)c5nsnc45)cc3)[nH]2)[C@@H]1C. The molecule has 1 aliphatic carbocycles. The van der Waals surface area contributed by atoms with Crippen molar-refractivity contribution in [2.45, 2.75) is 59.8 Å². The summed E-state index contributed by atoms with van der Waals surface area (Å²) in [5, 5.41) is 7.13. The summed E-state index contributed by atoms with van der Waals surface area (Å²) in [6.45, 7) is 12.7. The lowest BCUT2D eigenvalue weighted by molar-refractivity contribution is 0.422. The van der Waals surface area contributed by atoms with Crippen LogP contribution < -0.4 is 10.6 Å². The smallest absolute Gasteiger partial charge is 0.120 e. The highest BCUT2D eigenvalue weighted by Crippen LogP contribution is 2.38. The number of hydrogen-bond donors (Lipinski definition) is 4. The summed E-state index contributed by atoms with van der Waals surface area (Å²) in [5.41, 5.74) is 8.10. The van der Waals surface area contributed by atoms with Gasteiger partial charge in [0, 0.05) is 23.2 Å². The molecule has 2 unspecified atom stereocenters. The Bertz CT molecular complexity index is 1600. The van der Waals surface area contributed by atoms with Crippen LogP contribution in [0.5, 0.6) is 0 Å². The molecule has 5 aromatic rings. The van der Waals surface area contributed by atoms with Crippen LogP contribution >= 0.6 is 11.7 Å². The van der Waals surface area contributed by atoms with Gasteiger partial charge in [-0.1, -0.05) is 58.0 Å². The van der Waals surface area contributed by atoms with E-state index in [0.717, 1.165) is 74.7 Å². The first-order chi connectivity index (χ1) is 19.9. The van der Waals surface area contributed by atoms with Gasteiger partial charge in [-0.05, 0) is 41.9 Å². The zero-order chi connectivity index (χ0) is 29.1.